The minimum absolute atomic E-state index is 0.0559. The molecule has 0 aromatic heterocycles. The van der Waals surface area contributed by atoms with E-state index in [1.54, 1.807) is 24.3 Å². The summed E-state index contributed by atoms with van der Waals surface area (Å²) in [7, 11) is -0.262. The molecule has 0 saturated heterocycles. The molecule has 0 spiro atoms. The van der Waals surface area contributed by atoms with Crippen molar-refractivity contribution in [1.82, 2.24) is 0 Å². The van der Waals surface area contributed by atoms with Crippen LogP contribution in [0.25, 0.3) is 0 Å². The molecule has 0 saturated carbocycles. The predicted octanol–water partition coefficient (Wildman–Crippen LogP) is 5.71. The molecule has 3 nitrogen and oxygen atoms in total. The van der Waals surface area contributed by atoms with Gasteiger partial charge in [0.15, 0.2) is 14.7 Å². The highest BCUT2D eigenvalue weighted by Gasteiger charge is 2.28. The summed E-state index contributed by atoms with van der Waals surface area (Å²) in [4.78, 5) is 16.0. The van der Waals surface area contributed by atoms with Crippen LogP contribution in [0.5, 0.6) is 11.5 Å². The van der Waals surface area contributed by atoms with Crippen molar-refractivity contribution < 1.29 is 14.6 Å². The topological polar surface area (TPSA) is 46.5 Å². The Kier molecular flexibility index (Phi) is 5.63. The standard InChI is InChI=1S/C25H18O3S/c26-20-8-7-9-21(18-20)28-25(27)19-14-16-24(17-15-19)29(22-10-3-1-4-11-22)23-12-5-2-6-13-23/h1-18H/p+1. The van der Waals surface area contributed by atoms with E-state index in [1.807, 2.05) is 48.5 Å². The summed E-state index contributed by atoms with van der Waals surface area (Å²) < 4.78 is 5.35. The second-order valence-corrected chi connectivity index (χ2v) is 8.37. The molecule has 1 N–H and O–H groups in total. The number of rotatable bonds is 5. The summed E-state index contributed by atoms with van der Waals surface area (Å²) in [6.07, 6.45) is 0. The maximum absolute atomic E-state index is 12.4. The molecule has 4 rings (SSSR count). The Morgan fingerprint density at radius 1 is 0.655 bits per heavy atom. The van der Waals surface area contributed by atoms with E-state index in [4.69, 9.17) is 4.74 Å². The Morgan fingerprint density at radius 3 is 1.76 bits per heavy atom. The van der Waals surface area contributed by atoms with Gasteiger partial charge in [0.25, 0.3) is 0 Å². The molecule has 0 heterocycles. The van der Waals surface area contributed by atoms with Gasteiger partial charge in [0.05, 0.1) is 16.5 Å². The fourth-order valence-corrected chi connectivity index (χ4v) is 5.04. The summed E-state index contributed by atoms with van der Waals surface area (Å²) in [5.74, 6) is -0.0886. The van der Waals surface area contributed by atoms with Gasteiger partial charge in [-0.15, -0.1) is 0 Å². The third-order valence-electron chi connectivity index (χ3n) is 4.31. The van der Waals surface area contributed by atoms with Crippen molar-refractivity contribution in [3.63, 3.8) is 0 Å². The molecule has 0 bridgehead atoms. The highest BCUT2D eigenvalue weighted by Crippen LogP contribution is 2.31. The van der Waals surface area contributed by atoms with E-state index in [2.05, 4.69) is 24.3 Å². The fraction of sp³-hybridized carbons (Fsp3) is 0. The van der Waals surface area contributed by atoms with Crippen LogP contribution in [-0.2, 0) is 10.9 Å². The second-order valence-electron chi connectivity index (χ2n) is 6.34. The Labute approximate surface area is 172 Å². The van der Waals surface area contributed by atoms with Crippen LogP contribution in [0.15, 0.2) is 124 Å². The Hall–Kier alpha value is -3.50. The molecular weight excluding hydrogens is 380 g/mol. The third kappa shape index (κ3) is 4.50. The molecule has 0 amide bonds. The first-order valence-electron chi connectivity index (χ1n) is 9.16. The quantitative estimate of drug-likeness (QED) is 0.266. The largest absolute Gasteiger partial charge is 0.508 e. The van der Waals surface area contributed by atoms with Gasteiger partial charge in [0, 0.05) is 6.07 Å². The van der Waals surface area contributed by atoms with Gasteiger partial charge in [-0.25, -0.2) is 4.79 Å². The van der Waals surface area contributed by atoms with Crippen LogP contribution in [0.3, 0.4) is 0 Å². The number of hydrogen-bond acceptors (Lipinski definition) is 3. The number of ether oxygens (including phenoxy) is 1. The van der Waals surface area contributed by atoms with Crippen molar-refractivity contribution in [2.75, 3.05) is 0 Å². The van der Waals surface area contributed by atoms with Crippen molar-refractivity contribution in [2.45, 2.75) is 14.7 Å². The number of phenols is 1. The van der Waals surface area contributed by atoms with Gasteiger partial charge in [-0.1, -0.05) is 42.5 Å². The number of hydrogen-bond donors (Lipinski definition) is 1. The predicted molar refractivity (Wildman–Crippen MR) is 115 cm³/mol. The van der Waals surface area contributed by atoms with Crippen LogP contribution >= 0.6 is 0 Å². The molecule has 0 atom stereocenters. The maximum Gasteiger partial charge on any atom is 0.343 e. The lowest BCUT2D eigenvalue weighted by Gasteiger charge is -2.09. The van der Waals surface area contributed by atoms with Gasteiger partial charge in [0.1, 0.15) is 11.5 Å². The zero-order valence-corrected chi connectivity index (χ0v) is 16.4. The SMILES string of the molecule is O=C(Oc1cccc(O)c1)c1ccc([S+](c2ccccc2)c2ccccc2)cc1. The van der Waals surface area contributed by atoms with Crippen molar-refractivity contribution in [1.29, 1.82) is 0 Å². The lowest BCUT2D eigenvalue weighted by atomic mass is 10.2. The molecule has 29 heavy (non-hydrogen) atoms. The van der Waals surface area contributed by atoms with Crippen LogP contribution in [0.4, 0.5) is 0 Å². The average molecular weight is 399 g/mol. The molecule has 0 aliphatic heterocycles. The number of aromatic hydroxyl groups is 1. The number of phenolic OH excluding ortho intramolecular Hbond substituents is 1. The van der Waals surface area contributed by atoms with Gasteiger partial charge >= 0.3 is 5.97 Å². The van der Waals surface area contributed by atoms with Crippen LogP contribution < -0.4 is 4.74 Å². The lowest BCUT2D eigenvalue weighted by molar-refractivity contribution is 0.0734. The van der Waals surface area contributed by atoms with E-state index in [0.717, 1.165) is 4.90 Å². The molecule has 4 aromatic carbocycles. The molecule has 0 aliphatic carbocycles. The summed E-state index contributed by atoms with van der Waals surface area (Å²) in [6, 6.07) is 34.4. The van der Waals surface area contributed by atoms with Crippen molar-refractivity contribution in [3.05, 3.63) is 115 Å². The number of benzene rings is 4. The van der Waals surface area contributed by atoms with E-state index >= 15 is 0 Å². The highest BCUT2D eigenvalue weighted by molar-refractivity contribution is 7.97. The first kappa shape index (κ1) is 18.8. The minimum Gasteiger partial charge on any atom is -0.508 e. The van der Waals surface area contributed by atoms with E-state index < -0.39 is 5.97 Å². The van der Waals surface area contributed by atoms with Gasteiger partial charge < -0.3 is 9.84 Å². The Morgan fingerprint density at radius 2 is 1.21 bits per heavy atom. The maximum atomic E-state index is 12.4. The minimum atomic E-state index is -0.457. The molecule has 4 aromatic rings. The van der Waals surface area contributed by atoms with Gasteiger partial charge in [0.2, 0.25) is 0 Å². The summed E-state index contributed by atoms with van der Waals surface area (Å²) >= 11 is 0. The molecule has 142 valence electrons. The summed E-state index contributed by atoms with van der Waals surface area (Å²) in [5.41, 5.74) is 0.460. The first-order chi connectivity index (χ1) is 14.2. The van der Waals surface area contributed by atoms with Crippen molar-refractivity contribution >= 4 is 16.9 Å². The van der Waals surface area contributed by atoms with E-state index in [1.165, 1.54) is 21.9 Å². The molecule has 0 aliphatic rings. The highest BCUT2D eigenvalue weighted by atomic mass is 32.2. The van der Waals surface area contributed by atoms with E-state index in [9.17, 15) is 9.90 Å². The number of carbonyl (C=O) groups is 1. The van der Waals surface area contributed by atoms with Crippen molar-refractivity contribution in [3.8, 4) is 11.5 Å². The Balaban J connectivity index is 1.61. The van der Waals surface area contributed by atoms with Crippen LogP contribution in [0.2, 0.25) is 0 Å². The van der Waals surface area contributed by atoms with Gasteiger partial charge in [-0.3, -0.25) is 0 Å². The second kappa shape index (κ2) is 8.67. The fourth-order valence-electron chi connectivity index (χ4n) is 2.96. The zero-order valence-electron chi connectivity index (χ0n) is 15.6. The molecule has 0 radical (unpaired) electrons. The zero-order chi connectivity index (χ0) is 20.1. The van der Waals surface area contributed by atoms with Gasteiger partial charge in [-0.05, 0) is 60.7 Å². The molecule has 0 fully saturated rings. The average Bonchev–Trinajstić information content (AvgIpc) is 2.76. The normalized spacial score (nSPS) is 10.7. The molecular formula is C25H19O3S+. The summed E-state index contributed by atoms with van der Waals surface area (Å²) in [6.45, 7) is 0. The van der Waals surface area contributed by atoms with E-state index in [-0.39, 0.29) is 16.6 Å². The van der Waals surface area contributed by atoms with Crippen LogP contribution in [0.1, 0.15) is 10.4 Å². The first-order valence-corrected chi connectivity index (χ1v) is 10.4. The van der Waals surface area contributed by atoms with Crippen molar-refractivity contribution in [2.24, 2.45) is 0 Å². The number of esters is 1. The smallest absolute Gasteiger partial charge is 0.343 e. The lowest BCUT2D eigenvalue weighted by Crippen LogP contribution is -2.09. The van der Waals surface area contributed by atoms with Crippen LogP contribution in [-0.4, -0.2) is 11.1 Å². The Bertz CT molecular complexity index is 1050. The molecule has 4 heteroatoms. The van der Waals surface area contributed by atoms with Crippen LogP contribution in [0, 0.1) is 0 Å². The monoisotopic (exact) mass is 399 g/mol. The molecule has 0 unspecified atom stereocenters. The summed E-state index contributed by atoms with van der Waals surface area (Å²) in [5, 5.41) is 9.52. The number of carbonyl (C=O) groups excluding carboxylic acids is 1. The van der Waals surface area contributed by atoms with E-state index in [0.29, 0.717) is 11.3 Å². The van der Waals surface area contributed by atoms with Gasteiger partial charge in [-0.2, -0.15) is 0 Å². The third-order valence-corrected chi connectivity index (χ3v) is 6.54.